The molecule has 0 fully saturated rings. The first-order valence-corrected chi connectivity index (χ1v) is 9.83. The Kier molecular flexibility index (Phi) is 9.48. The molecule has 0 radical (unpaired) electrons. The molecule has 0 saturated heterocycles. The summed E-state index contributed by atoms with van der Waals surface area (Å²) in [6, 6.07) is 5.08. The molecular weight excluding hydrogens is 360 g/mol. The van der Waals surface area contributed by atoms with Crippen molar-refractivity contribution in [2.45, 2.75) is 72.1 Å². The molecule has 0 aliphatic rings. The molecule has 7 heteroatoms. The number of ether oxygens (including phenoxy) is 1. The van der Waals surface area contributed by atoms with E-state index in [4.69, 9.17) is 4.74 Å². The van der Waals surface area contributed by atoms with Crippen LogP contribution in [0.5, 0.6) is 5.75 Å². The number of nitrogens with one attached hydrogen (secondary N) is 2. The van der Waals surface area contributed by atoms with Gasteiger partial charge in [0.15, 0.2) is 0 Å². The molecule has 3 N–H and O–H groups in total. The molecule has 4 atom stereocenters. The summed E-state index contributed by atoms with van der Waals surface area (Å²) in [5.41, 5.74) is 0.159. The maximum Gasteiger partial charge on any atom is 0.329 e. The molecule has 7 nitrogen and oxygen atoms in total. The molecule has 0 aromatic heterocycles. The fourth-order valence-electron chi connectivity index (χ4n) is 2.75. The molecule has 4 unspecified atom stereocenters. The smallest absolute Gasteiger partial charge is 0.329 e. The predicted octanol–water partition coefficient (Wildman–Crippen LogP) is 2.77. The zero-order valence-corrected chi connectivity index (χ0v) is 17.3. The van der Waals surface area contributed by atoms with Crippen LogP contribution in [-0.4, -0.2) is 41.1 Å². The van der Waals surface area contributed by atoms with E-state index in [-0.39, 0.29) is 29.6 Å². The van der Waals surface area contributed by atoms with Gasteiger partial charge >= 0.3 is 5.97 Å². The Labute approximate surface area is 166 Å². The Morgan fingerprint density at radius 2 is 1.68 bits per heavy atom. The molecule has 1 aromatic carbocycles. The Balaban J connectivity index is 2.81. The van der Waals surface area contributed by atoms with Crippen LogP contribution in [0.3, 0.4) is 0 Å². The Bertz CT molecular complexity index is 677. The van der Waals surface area contributed by atoms with Crippen molar-refractivity contribution < 1.29 is 24.2 Å². The highest BCUT2D eigenvalue weighted by Gasteiger charge is 2.30. The number of para-hydroxylation sites is 1. The summed E-state index contributed by atoms with van der Waals surface area (Å²) < 4.78 is 5.57. The second-order valence-electron chi connectivity index (χ2n) is 6.93. The number of carbonyl (C=O) groups is 3. The van der Waals surface area contributed by atoms with E-state index in [0.717, 1.165) is 0 Å². The van der Waals surface area contributed by atoms with Gasteiger partial charge in [0.25, 0.3) is 5.91 Å². The van der Waals surface area contributed by atoms with E-state index >= 15 is 0 Å². The summed E-state index contributed by atoms with van der Waals surface area (Å²) in [7, 11) is 0. The zero-order chi connectivity index (χ0) is 21.3. The topological polar surface area (TPSA) is 105 Å². The van der Waals surface area contributed by atoms with Gasteiger partial charge < -0.3 is 20.5 Å². The highest BCUT2D eigenvalue weighted by molar-refractivity contribution is 5.97. The van der Waals surface area contributed by atoms with E-state index in [1.165, 1.54) is 12.1 Å². The fourth-order valence-corrected chi connectivity index (χ4v) is 2.75. The van der Waals surface area contributed by atoms with Gasteiger partial charge in [-0.1, -0.05) is 46.2 Å². The number of esters is 1. The molecule has 0 spiro atoms. The van der Waals surface area contributed by atoms with Crippen molar-refractivity contribution in [1.82, 2.24) is 10.6 Å². The number of amides is 2. The average molecular weight is 392 g/mol. The van der Waals surface area contributed by atoms with Gasteiger partial charge in [0.2, 0.25) is 5.91 Å². The lowest BCUT2D eigenvalue weighted by atomic mass is 9.99. The number of phenolic OH excluding ortho intramolecular Hbond substituents is 1. The van der Waals surface area contributed by atoms with E-state index in [2.05, 4.69) is 10.6 Å². The van der Waals surface area contributed by atoms with Crippen molar-refractivity contribution in [1.29, 1.82) is 0 Å². The van der Waals surface area contributed by atoms with Crippen LogP contribution in [0.2, 0.25) is 0 Å². The number of aromatic hydroxyl groups is 1. The van der Waals surface area contributed by atoms with Gasteiger partial charge in [-0.3, -0.25) is 9.59 Å². The molecule has 0 bridgehead atoms. The van der Waals surface area contributed by atoms with Crippen LogP contribution in [0.25, 0.3) is 0 Å². The standard InChI is InChI=1S/C21H32N2O5/c1-6-13(4)19(23-18(25)8-3)21(27)28-14(5)16(7-2)22-20(26)15-11-9-10-12-17(15)24/h9-14,16,19,24H,6-8H2,1-5H3,(H,22,26)(H,23,25). The number of carbonyl (C=O) groups excluding carboxylic acids is 3. The first-order valence-electron chi connectivity index (χ1n) is 9.83. The minimum absolute atomic E-state index is 0.0777. The molecule has 1 rings (SSSR count). The van der Waals surface area contributed by atoms with Crippen molar-refractivity contribution in [3.63, 3.8) is 0 Å². The van der Waals surface area contributed by atoms with Crippen LogP contribution in [0, 0.1) is 5.92 Å². The van der Waals surface area contributed by atoms with Crippen LogP contribution in [0.15, 0.2) is 24.3 Å². The van der Waals surface area contributed by atoms with Crippen molar-refractivity contribution >= 4 is 17.8 Å². The molecule has 1 aromatic rings. The Hall–Kier alpha value is -2.57. The number of phenols is 1. The second kappa shape index (κ2) is 11.3. The number of hydrogen-bond acceptors (Lipinski definition) is 5. The van der Waals surface area contributed by atoms with Crippen molar-refractivity contribution in [3.05, 3.63) is 29.8 Å². The monoisotopic (exact) mass is 392 g/mol. The van der Waals surface area contributed by atoms with Gasteiger partial charge in [-0.05, 0) is 31.4 Å². The minimum atomic E-state index is -0.730. The third-order valence-electron chi connectivity index (χ3n) is 4.88. The third kappa shape index (κ3) is 6.55. The quantitative estimate of drug-likeness (QED) is 0.531. The van der Waals surface area contributed by atoms with Gasteiger partial charge in [0.1, 0.15) is 17.9 Å². The van der Waals surface area contributed by atoms with E-state index < -0.39 is 30.1 Å². The normalized spacial score (nSPS) is 15.0. The van der Waals surface area contributed by atoms with E-state index in [0.29, 0.717) is 12.8 Å². The van der Waals surface area contributed by atoms with Crippen molar-refractivity contribution in [2.75, 3.05) is 0 Å². The molecule has 156 valence electrons. The molecule has 0 aliphatic heterocycles. The second-order valence-corrected chi connectivity index (χ2v) is 6.93. The lowest BCUT2D eigenvalue weighted by Crippen LogP contribution is -2.49. The summed E-state index contributed by atoms with van der Waals surface area (Å²) in [6.07, 6.45) is 0.921. The SMILES string of the molecule is CCC(=O)NC(C(=O)OC(C)C(CC)NC(=O)c1ccccc1O)C(C)CC. The van der Waals surface area contributed by atoms with Crippen LogP contribution in [0.1, 0.15) is 64.2 Å². The summed E-state index contributed by atoms with van der Waals surface area (Å²) in [5, 5.41) is 15.4. The highest BCUT2D eigenvalue weighted by atomic mass is 16.5. The van der Waals surface area contributed by atoms with Crippen LogP contribution in [0.4, 0.5) is 0 Å². The lowest BCUT2D eigenvalue weighted by molar-refractivity contribution is -0.155. The Morgan fingerprint density at radius 3 is 2.21 bits per heavy atom. The average Bonchev–Trinajstić information content (AvgIpc) is 2.69. The molecule has 0 saturated carbocycles. The summed E-state index contributed by atoms with van der Waals surface area (Å²) in [6.45, 7) is 9.11. The predicted molar refractivity (Wildman–Crippen MR) is 107 cm³/mol. The molecule has 0 aliphatic carbocycles. The first-order chi connectivity index (χ1) is 13.2. The van der Waals surface area contributed by atoms with Crippen LogP contribution < -0.4 is 10.6 Å². The Morgan fingerprint density at radius 1 is 1.04 bits per heavy atom. The van der Waals surface area contributed by atoms with Crippen molar-refractivity contribution in [3.8, 4) is 5.75 Å². The van der Waals surface area contributed by atoms with Gasteiger partial charge in [0, 0.05) is 6.42 Å². The van der Waals surface area contributed by atoms with Gasteiger partial charge in [-0.15, -0.1) is 0 Å². The molecule has 2 amide bonds. The molecule has 28 heavy (non-hydrogen) atoms. The molecular formula is C21H32N2O5. The van der Waals surface area contributed by atoms with Gasteiger partial charge in [-0.25, -0.2) is 4.79 Å². The van der Waals surface area contributed by atoms with Gasteiger partial charge in [0.05, 0.1) is 11.6 Å². The molecule has 0 heterocycles. The summed E-state index contributed by atoms with van der Waals surface area (Å²) in [5.74, 6) is -1.36. The van der Waals surface area contributed by atoms with E-state index in [9.17, 15) is 19.5 Å². The van der Waals surface area contributed by atoms with Crippen molar-refractivity contribution in [2.24, 2.45) is 5.92 Å². The fraction of sp³-hybridized carbons (Fsp3) is 0.571. The first kappa shape index (κ1) is 23.5. The number of hydrogen-bond donors (Lipinski definition) is 3. The number of rotatable bonds is 10. The zero-order valence-electron chi connectivity index (χ0n) is 17.3. The largest absolute Gasteiger partial charge is 0.507 e. The van der Waals surface area contributed by atoms with Crippen LogP contribution in [-0.2, 0) is 14.3 Å². The summed E-state index contributed by atoms with van der Waals surface area (Å²) >= 11 is 0. The third-order valence-corrected chi connectivity index (χ3v) is 4.88. The number of benzene rings is 1. The minimum Gasteiger partial charge on any atom is -0.507 e. The highest BCUT2D eigenvalue weighted by Crippen LogP contribution is 2.17. The van der Waals surface area contributed by atoms with Crippen LogP contribution >= 0.6 is 0 Å². The lowest BCUT2D eigenvalue weighted by Gasteiger charge is -2.28. The summed E-state index contributed by atoms with van der Waals surface area (Å²) in [4.78, 5) is 36.8. The van der Waals surface area contributed by atoms with E-state index in [1.54, 1.807) is 26.0 Å². The van der Waals surface area contributed by atoms with E-state index in [1.807, 2.05) is 20.8 Å². The van der Waals surface area contributed by atoms with Gasteiger partial charge in [-0.2, -0.15) is 0 Å². The maximum absolute atomic E-state index is 12.6. The maximum atomic E-state index is 12.6.